The third-order valence-corrected chi connectivity index (χ3v) is 7.45. The van der Waals surface area contributed by atoms with Crippen molar-refractivity contribution in [1.82, 2.24) is 4.57 Å². The second-order valence-electron chi connectivity index (χ2n) is 9.32. The molecule has 0 radical (unpaired) electrons. The molecular formula is C30H27NO9. The average Bonchev–Trinajstić information content (AvgIpc) is 3.32. The van der Waals surface area contributed by atoms with Gasteiger partial charge in [0.1, 0.15) is 11.1 Å². The molecule has 5 aromatic rings. The Morgan fingerprint density at radius 3 is 2.17 bits per heavy atom. The summed E-state index contributed by atoms with van der Waals surface area (Å²) in [7, 11) is 7.61. The van der Waals surface area contributed by atoms with E-state index in [-0.39, 0.29) is 28.6 Å². The Hall–Kier alpha value is -4.99. The van der Waals surface area contributed by atoms with Crippen LogP contribution >= 0.6 is 0 Å². The molecule has 10 heteroatoms. The third kappa shape index (κ3) is 3.45. The summed E-state index contributed by atoms with van der Waals surface area (Å²) in [5, 5.41) is 22.0. The van der Waals surface area contributed by atoms with Crippen molar-refractivity contribution in [3.05, 3.63) is 52.4 Å². The molecule has 206 valence electrons. The summed E-state index contributed by atoms with van der Waals surface area (Å²) in [6, 6.07) is 9.92. The summed E-state index contributed by atoms with van der Waals surface area (Å²) in [6.45, 7) is 0.450. The lowest BCUT2D eigenvalue weighted by molar-refractivity contribution is 0.321. The molecular weight excluding hydrogens is 518 g/mol. The van der Waals surface area contributed by atoms with Crippen LogP contribution in [-0.2, 0) is 13.0 Å². The van der Waals surface area contributed by atoms with Gasteiger partial charge in [-0.05, 0) is 36.2 Å². The summed E-state index contributed by atoms with van der Waals surface area (Å²) in [6.07, 6.45) is 0.546. The quantitative estimate of drug-likeness (QED) is 0.281. The van der Waals surface area contributed by atoms with Crippen LogP contribution in [0.4, 0.5) is 0 Å². The first-order valence-corrected chi connectivity index (χ1v) is 12.5. The van der Waals surface area contributed by atoms with E-state index in [1.165, 1.54) is 20.3 Å². The molecule has 2 N–H and O–H groups in total. The van der Waals surface area contributed by atoms with Crippen molar-refractivity contribution in [2.24, 2.45) is 0 Å². The second-order valence-corrected chi connectivity index (χ2v) is 9.32. The van der Waals surface area contributed by atoms with Crippen molar-refractivity contribution in [2.45, 2.75) is 13.0 Å². The zero-order valence-corrected chi connectivity index (χ0v) is 22.6. The van der Waals surface area contributed by atoms with E-state index in [2.05, 4.69) is 0 Å². The SMILES string of the molecule is COc1cc(-c2c3n(c4c(=O)oc5cc(O)c(OC)cc5c24)CCc2c-3cc(OC)c(OC)c2OC)ccc1O. The lowest BCUT2D eigenvalue weighted by Gasteiger charge is -2.25. The highest BCUT2D eigenvalue weighted by atomic mass is 16.5. The minimum absolute atomic E-state index is 0.0203. The van der Waals surface area contributed by atoms with Crippen LogP contribution in [0.5, 0.6) is 40.2 Å². The van der Waals surface area contributed by atoms with Crippen LogP contribution in [0.3, 0.4) is 0 Å². The number of hydrogen-bond donors (Lipinski definition) is 2. The van der Waals surface area contributed by atoms with E-state index in [1.54, 1.807) is 45.6 Å². The van der Waals surface area contributed by atoms with E-state index >= 15 is 0 Å². The monoisotopic (exact) mass is 545 g/mol. The van der Waals surface area contributed by atoms with Crippen LogP contribution in [0.25, 0.3) is 44.3 Å². The Balaban J connectivity index is 1.86. The molecule has 0 bridgehead atoms. The predicted molar refractivity (Wildman–Crippen MR) is 149 cm³/mol. The normalized spacial score (nSPS) is 12.2. The molecule has 0 saturated heterocycles. The number of phenolic OH excluding ortho intramolecular Hbond substituents is 2. The molecule has 0 aliphatic carbocycles. The number of fused-ring (bicyclic) bond motifs is 7. The first-order chi connectivity index (χ1) is 19.4. The van der Waals surface area contributed by atoms with E-state index in [0.717, 1.165) is 16.8 Å². The minimum Gasteiger partial charge on any atom is -0.504 e. The smallest absolute Gasteiger partial charge is 0.361 e. The molecule has 0 spiro atoms. The lowest BCUT2D eigenvalue weighted by Crippen LogP contribution is -2.16. The molecule has 1 aliphatic heterocycles. The number of ether oxygens (including phenoxy) is 5. The Morgan fingerprint density at radius 1 is 0.800 bits per heavy atom. The van der Waals surface area contributed by atoms with Gasteiger partial charge in [0.2, 0.25) is 5.75 Å². The molecule has 6 rings (SSSR count). The van der Waals surface area contributed by atoms with Crippen LogP contribution in [0.1, 0.15) is 5.56 Å². The molecule has 3 heterocycles. The summed E-state index contributed by atoms with van der Waals surface area (Å²) in [5.74, 6) is 1.82. The van der Waals surface area contributed by atoms with Crippen molar-refractivity contribution < 1.29 is 38.3 Å². The van der Waals surface area contributed by atoms with Gasteiger partial charge in [-0.3, -0.25) is 0 Å². The van der Waals surface area contributed by atoms with Crippen molar-refractivity contribution >= 4 is 21.9 Å². The highest BCUT2D eigenvalue weighted by molar-refractivity contribution is 6.17. The van der Waals surface area contributed by atoms with Crippen molar-refractivity contribution in [2.75, 3.05) is 35.5 Å². The van der Waals surface area contributed by atoms with Crippen molar-refractivity contribution in [3.63, 3.8) is 0 Å². The summed E-state index contributed by atoms with van der Waals surface area (Å²) in [5.41, 5.74) is 3.82. The van der Waals surface area contributed by atoms with Crippen LogP contribution in [0, 0.1) is 0 Å². The Kier molecular flexibility index (Phi) is 5.90. The van der Waals surface area contributed by atoms with E-state index in [1.807, 2.05) is 10.6 Å². The van der Waals surface area contributed by atoms with Gasteiger partial charge in [0.25, 0.3) is 0 Å². The minimum atomic E-state index is -0.554. The molecule has 40 heavy (non-hydrogen) atoms. The lowest BCUT2D eigenvalue weighted by atomic mass is 9.91. The number of rotatable bonds is 6. The number of hydrogen-bond acceptors (Lipinski definition) is 9. The fourth-order valence-corrected chi connectivity index (χ4v) is 5.75. The molecule has 1 aliphatic rings. The van der Waals surface area contributed by atoms with Gasteiger partial charge in [-0.25, -0.2) is 4.79 Å². The fraction of sp³-hybridized carbons (Fsp3) is 0.233. The van der Waals surface area contributed by atoms with Crippen molar-refractivity contribution in [1.29, 1.82) is 0 Å². The maximum Gasteiger partial charge on any atom is 0.361 e. The number of phenols is 2. The maximum absolute atomic E-state index is 13.6. The molecule has 10 nitrogen and oxygen atoms in total. The summed E-state index contributed by atoms with van der Waals surface area (Å²) >= 11 is 0. The number of benzene rings is 3. The summed E-state index contributed by atoms with van der Waals surface area (Å²) in [4.78, 5) is 13.6. The van der Waals surface area contributed by atoms with Gasteiger partial charge < -0.3 is 42.9 Å². The largest absolute Gasteiger partial charge is 0.504 e. The van der Waals surface area contributed by atoms with Crippen LogP contribution in [0.15, 0.2) is 45.6 Å². The van der Waals surface area contributed by atoms with Gasteiger partial charge in [0.05, 0.1) is 41.2 Å². The van der Waals surface area contributed by atoms with Gasteiger partial charge in [-0.15, -0.1) is 0 Å². The van der Waals surface area contributed by atoms with Gasteiger partial charge >= 0.3 is 5.63 Å². The topological polar surface area (TPSA) is 122 Å². The molecule has 3 aromatic carbocycles. The van der Waals surface area contributed by atoms with Gasteiger partial charge in [-0.2, -0.15) is 0 Å². The molecule has 0 saturated carbocycles. The fourth-order valence-electron chi connectivity index (χ4n) is 5.75. The predicted octanol–water partition coefficient (Wildman–Crippen LogP) is 5.09. The molecule has 0 atom stereocenters. The number of aromatic nitrogens is 1. The van der Waals surface area contributed by atoms with Crippen molar-refractivity contribution in [3.8, 4) is 62.6 Å². The van der Waals surface area contributed by atoms with Crippen LogP contribution in [-0.4, -0.2) is 50.3 Å². The highest BCUT2D eigenvalue weighted by Crippen LogP contribution is 2.53. The van der Waals surface area contributed by atoms with E-state index < -0.39 is 5.63 Å². The highest BCUT2D eigenvalue weighted by Gasteiger charge is 2.33. The molecule has 0 unspecified atom stereocenters. The summed E-state index contributed by atoms with van der Waals surface area (Å²) < 4.78 is 35.6. The number of aromatic hydroxyl groups is 2. The third-order valence-electron chi connectivity index (χ3n) is 7.45. The maximum atomic E-state index is 13.6. The first kappa shape index (κ1) is 25.3. The molecule has 2 aromatic heterocycles. The first-order valence-electron chi connectivity index (χ1n) is 12.5. The van der Waals surface area contributed by atoms with E-state index in [0.29, 0.717) is 57.6 Å². The second kappa shape index (κ2) is 9.33. The number of methoxy groups -OCH3 is 5. The van der Waals surface area contributed by atoms with E-state index in [9.17, 15) is 15.0 Å². The van der Waals surface area contributed by atoms with Gasteiger partial charge in [0.15, 0.2) is 34.5 Å². The Labute approximate surface area is 228 Å². The zero-order chi connectivity index (χ0) is 28.3. The molecule has 0 fully saturated rings. The van der Waals surface area contributed by atoms with Crippen LogP contribution in [0.2, 0.25) is 0 Å². The number of nitrogens with zero attached hydrogens (tertiary/aromatic N) is 1. The Morgan fingerprint density at radius 2 is 1.50 bits per heavy atom. The van der Waals surface area contributed by atoms with Gasteiger partial charge in [0, 0.05) is 40.1 Å². The number of aryl methyl sites for hydroxylation is 1. The molecule has 0 amide bonds. The standard InChI is InChI=1S/C30H27NO9/c1-35-21-10-14(6-7-18(21)32)24-25-17-12-22(36-2)19(33)13-20(17)40-30(34)27(25)31-9-8-15-16(26(24)31)11-23(37-3)29(39-5)28(15)38-4/h6-7,10-13,32-33H,8-9H2,1-5H3. The zero-order valence-electron chi connectivity index (χ0n) is 22.6. The average molecular weight is 546 g/mol. The van der Waals surface area contributed by atoms with Crippen LogP contribution < -0.4 is 29.3 Å². The Bertz CT molecular complexity index is 1880. The van der Waals surface area contributed by atoms with Gasteiger partial charge in [-0.1, -0.05) is 6.07 Å². The van der Waals surface area contributed by atoms with E-state index in [4.69, 9.17) is 28.1 Å².